The van der Waals surface area contributed by atoms with Gasteiger partial charge in [-0.3, -0.25) is 4.79 Å². The molecule has 4 nitrogen and oxygen atoms in total. The molecule has 19 heavy (non-hydrogen) atoms. The standard InChI is InChI=1S/C14H18ClN3O/c15-11-5-1-3-9(7-16)13(11)18-6-2-4-10-12(18)8-17-14(10)19/h1,3,5,10,12H,2,4,6-8,16H2,(H,17,19). The van der Waals surface area contributed by atoms with Gasteiger partial charge in [-0.2, -0.15) is 0 Å². The van der Waals surface area contributed by atoms with Crippen LogP contribution in [0.2, 0.25) is 5.02 Å². The van der Waals surface area contributed by atoms with Crippen molar-refractivity contribution in [2.24, 2.45) is 11.7 Å². The molecule has 0 bridgehead atoms. The van der Waals surface area contributed by atoms with Gasteiger partial charge in [0, 0.05) is 19.6 Å². The van der Waals surface area contributed by atoms with Gasteiger partial charge in [0.05, 0.1) is 22.7 Å². The molecule has 2 aliphatic rings. The number of nitrogens with two attached hydrogens (primary N) is 1. The second-order valence-electron chi connectivity index (χ2n) is 5.21. The van der Waals surface area contributed by atoms with Crippen molar-refractivity contribution in [1.29, 1.82) is 0 Å². The summed E-state index contributed by atoms with van der Waals surface area (Å²) < 4.78 is 0. The molecule has 3 rings (SSSR count). The number of hydrogen-bond acceptors (Lipinski definition) is 3. The Morgan fingerprint density at radius 3 is 3.11 bits per heavy atom. The highest BCUT2D eigenvalue weighted by molar-refractivity contribution is 6.33. The Bertz CT molecular complexity index is 505. The van der Waals surface area contributed by atoms with Crippen molar-refractivity contribution in [3.63, 3.8) is 0 Å². The summed E-state index contributed by atoms with van der Waals surface area (Å²) in [5, 5.41) is 3.69. The van der Waals surface area contributed by atoms with E-state index in [-0.39, 0.29) is 17.9 Å². The number of nitrogens with zero attached hydrogens (tertiary/aromatic N) is 1. The zero-order valence-electron chi connectivity index (χ0n) is 10.7. The molecular formula is C14H18ClN3O. The minimum absolute atomic E-state index is 0.0932. The van der Waals surface area contributed by atoms with Crippen LogP contribution in [0.3, 0.4) is 0 Å². The zero-order valence-corrected chi connectivity index (χ0v) is 11.5. The third-order valence-corrected chi connectivity index (χ3v) is 4.48. The van der Waals surface area contributed by atoms with Crippen molar-refractivity contribution in [3.8, 4) is 0 Å². The number of halogens is 1. The number of fused-ring (bicyclic) bond motifs is 1. The van der Waals surface area contributed by atoms with E-state index in [4.69, 9.17) is 17.3 Å². The van der Waals surface area contributed by atoms with Crippen molar-refractivity contribution < 1.29 is 4.79 Å². The number of nitrogens with one attached hydrogen (secondary N) is 1. The van der Waals surface area contributed by atoms with Crippen LogP contribution in [0.15, 0.2) is 18.2 Å². The van der Waals surface area contributed by atoms with E-state index in [1.807, 2.05) is 18.2 Å². The monoisotopic (exact) mass is 279 g/mol. The maximum atomic E-state index is 11.8. The zero-order chi connectivity index (χ0) is 13.4. The molecule has 2 unspecified atom stereocenters. The Morgan fingerprint density at radius 1 is 1.47 bits per heavy atom. The van der Waals surface area contributed by atoms with Crippen molar-refractivity contribution in [2.45, 2.75) is 25.4 Å². The van der Waals surface area contributed by atoms with Gasteiger partial charge < -0.3 is 16.0 Å². The molecule has 0 saturated carbocycles. The highest BCUT2D eigenvalue weighted by Crippen LogP contribution is 2.37. The van der Waals surface area contributed by atoms with Crippen LogP contribution in [0, 0.1) is 5.92 Å². The number of amides is 1. The van der Waals surface area contributed by atoms with E-state index in [1.165, 1.54) is 0 Å². The Morgan fingerprint density at radius 2 is 2.32 bits per heavy atom. The first-order chi connectivity index (χ1) is 9.22. The quantitative estimate of drug-likeness (QED) is 0.863. The second kappa shape index (κ2) is 5.02. The van der Waals surface area contributed by atoms with Crippen LogP contribution >= 0.6 is 11.6 Å². The minimum Gasteiger partial charge on any atom is -0.365 e. The molecule has 102 valence electrons. The first-order valence-corrected chi connectivity index (χ1v) is 7.12. The van der Waals surface area contributed by atoms with Gasteiger partial charge in [-0.1, -0.05) is 23.7 Å². The summed E-state index contributed by atoms with van der Waals surface area (Å²) in [5.41, 5.74) is 7.88. The lowest BCUT2D eigenvalue weighted by molar-refractivity contribution is -0.122. The molecular weight excluding hydrogens is 262 g/mol. The molecule has 2 heterocycles. The smallest absolute Gasteiger partial charge is 0.225 e. The predicted octanol–water partition coefficient (Wildman–Crippen LogP) is 1.51. The summed E-state index contributed by atoms with van der Waals surface area (Å²) in [6.45, 7) is 2.11. The minimum atomic E-state index is 0.0932. The van der Waals surface area contributed by atoms with Gasteiger partial charge in [-0.15, -0.1) is 0 Å². The molecule has 2 saturated heterocycles. The van der Waals surface area contributed by atoms with Crippen molar-refractivity contribution in [2.75, 3.05) is 18.0 Å². The van der Waals surface area contributed by atoms with Gasteiger partial charge in [0.25, 0.3) is 0 Å². The Balaban J connectivity index is 1.99. The molecule has 2 fully saturated rings. The highest BCUT2D eigenvalue weighted by Gasteiger charge is 2.41. The van der Waals surface area contributed by atoms with E-state index < -0.39 is 0 Å². The number of hydrogen-bond donors (Lipinski definition) is 2. The Kier molecular flexibility index (Phi) is 3.37. The average Bonchev–Trinajstić information content (AvgIpc) is 2.80. The van der Waals surface area contributed by atoms with Gasteiger partial charge >= 0.3 is 0 Å². The van der Waals surface area contributed by atoms with Crippen LogP contribution < -0.4 is 16.0 Å². The fourth-order valence-electron chi connectivity index (χ4n) is 3.28. The van der Waals surface area contributed by atoms with Gasteiger partial charge in [-0.25, -0.2) is 0 Å². The molecule has 5 heteroatoms. The van der Waals surface area contributed by atoms with Crippen molar-refractivity contribution in [1.82, 2.24) is 5.32 Å². The molecule has 0 aromatic heterocycles. The van der Waals surface area contributed by atoms with E-state index in [1.54, 1.807) is 0 Å². The highest BCUT2D eigenvalue weighted by atomic mass is 35.5. The first kappa shape index (κ1) is 12.8. The fourth-order valence-corrected chi connectivity index (χ4v) is 3.58. The summed E-state index contributed by atoms with van der Waals surface area (Å²) in [7, 11) is 0. The number of benzene rings is 1. The number of anilines is 1. The van der Waals surface area contributed by atoms with Crippen molar-refractivity contribution in [3.05, 3.63) is 28.8 Å². The summed E-state index contributed by atoms with van der Waals surface area (Å²) in [5.74, 6) is 0.270. The lowest BCUT2D eigenvalue weighted by Gasteiger charge is -2.39. The Labute approximate surface area is 117 Å². The maximum absolute atomic E-state index is 11.8. The van der Waals surface area contributed by atoms with E-state index >= 15 is 0 Å². The summed E-state index contributed by atoms with van der Waals surface area (Å²) >= 11 is 6.37. The van der Waals surface area contributed by atoms with Gasteiger partial charge in [-0.05, 0) is 24.5 Å². The maximum Gasteiger partial charge on any atom is 0.225 e. The number of carbonyl (C=O) groups excluding carboxylic acids is 1. The lowest BCUT2D eigenvalue weighted by Crippen LogP contribution is -2.46. The topological polar surface area (TPSA) is 58.4 Å². The number of para-hydroxylation sites is 1. The third kappa shape index (κ3) is 2.09. The van der Waals surface area contributed by atoms with Crippen LogP contribution in [0.4, 0.5) is 5.69 Å². The third-order valence-electron chi connectivity index (χ3n) is 4.18. The lowest BCUT2D eigenvalue weighted by atomic mass is 9.90. The normalized spacial score (nSPS) is 26.2. The first-order valence-electron chi connectivity index (χ1n) is 6.74. The van der Waals surface area contributed by atoms with Gasteiger partial charge in [0.1, 0.15) is 0 Å². The van der Waals surface area contributed by atoms with Gasteiger partial charge in [0.15, 0.2) is 0 Å². The summed E-state index contributed by atoms with van der Waals surface area (Å²) in [6, 6.07) is 6.04. The van der Waals surface area contributed by atoms with E-state index in [9.17, 15) is 4.79 Å². The molecule has 0 radical (unpaired) electrons. The molecule has 1 aromatic rings. The largest absolute Gasteiger partial charge is 0.365 e. The van der Waals surface area contributed by atoms with E-state index in [0.717, 1.165) is 35.7 Å². The van der Waals surface area contributed by atoms with Crippen molar-refractivity contribution >= 4 is 23.2 Å². The Hall–Kier alpha value is -1.26. The predicted molar refractivity (Wildman–Crippen MR) is 76.2 cm³/mol. The molecule has 3 N–H and O–H groups in total. The van der Waals surface area contributed by atoms with Crippen LogP contribution in [-0.2, 0) is 11.3 Å². The summed E-state index contributed by atoms with van der Waals surface area (Å²) in [6.07, 6.45) is 1.99. The van der Waals surface area contributed by atoms with E-state index in [2.05, 4.69) is 10.2 Å². The van der Waals surface area contributed by atoms with Crippen LogP contribution in [-0.4, -0.2) is 25.0 Å². The second-order valence-corrected chi connectivity index (χ2v) is 5.61. The molecule has 0 spiro atoms. The van der Waals surface area contributed by atoms with Gasteiger partial charge in [0.2, 0.25) is 5.91 Å². The molecule has 2 aliphatic heterocycles. The molecule has 2 atom stereocenters. The SMILES string of the molecule is NCc1cccc(Cl)c1N1CCCC2C(=O)NCC21. The molecule has 0 aliphatic carbocycles. The van der Waals surface area contributed by atoms with Crippen LogP contribution in [0.25, 0.3) is 0 Å². The number of carbonyl (C=O) groups is 1. The molecule has 1 aromatic carbocycles. The molecule has 1 amide bonds. The summed E-state index contributed by atoms with van der Waals surface area (Å²) in [4.78, 5) is 14.1. The van der Waals surface area contributed by atoms with Crippen LogP contribution in [0.1, 0.15) is 18.4 Å². The number of rotatable bonds is 2. The average molecular weight is 280 g/mol. The van der Waals surface area contributed by atoms with Crippen LogP contribution in [0.5, 0.6) is 0 Å². The fraction of sp³-hybridized carbons (Fsp3) is 0.500. The number of piperidine rings is 1. The van der Waals surface area contributed by atoms with E-state index in [0.29, 0.717) is 13.1 Å².